The third-order valence-corrected chi connectivity index (χ3v) is 3.27. The average Bonchev–Trinajstić information content (AvgIpc) is 2.79. The van der Waals surface area contributed by atoms with E-state index >= 15 is 0 Å². The van der Waals surface area contributed by atoms with Gasteiger partial charge in [-0.3, -0.25) is 4.98 Å². The lowest BCUT2D eigenvalue weighted by molar-refractivity contribution is 0.326. The lowest BCUT2D eigenvalue weighted by atomic mass is 9.98. The Kier molecular flexibility index (Phi) is 2.36. The maximum Gasteiger partial charge on any atom is 0.123 e. The van der Waals surface area contributed by atoms with Gasteiger partial charge < -0.3 is 4.74 Å². The number of benzene rings is 1. The average molecular weight is 225 g/mol. The van der Waals surface area contributed by atoms with Gasteiger partial charge in [-0.15, -0.1) is 0 Å². The van der Waals surface area contributed by atoms with Crippen LogP contribution in [0.3, 0.4) is 0 Å². The molecule has 0 fully saturated rings. The molecule has 0 aliphatic carbocycles. The molecule has 0 unspecified atom stereocenters. The number of rotatable bonds is 2. The van der Waals surface area contributed by atoms with Crippen molar-refractivity contribution in [3.8, 4) is 16.9 Å². The van der Waals surface area contributed by atoms with Crippen LogP contribution < -0.4 is 4.74 Å². The maximum atomic E-state index is 5.62. The van der Waals surface area contributed by atoms with Gasteiger partial charge in [-0.1, -0.05) is 6.92 Å². The summed E-state index contributed by atoms with van der Waals surface area (Å²) >= 11 is 0. The number of hydrogen-bond donors (Lipinski definition) is 0. The lowest BCUT2D eigenvalue weighted by Crippen LogP contribution is -1.90. The van der Waals surface area contributed by atoms with Crippen molar-refractivity contribution in [3.63, 3.8) is 0 Å². The van der Waals surface area contributed by atoms with Gasteiger partial charge in [-0.05, 0) is 54.3 Å². The molecule has 0 radical (unpaired) electrons. The second-order valence-electron chi connectivity index (χ2n) is 4.45. The molecule has 0 amide bonds. The Morgan fingerprint density at radius 1 is 1.29 bits per heavy atom. The van der Waals surface area contributed by atoms with Crippen LogP contribution in [0.5, 0.6) is 5.75 Å². The Morgan fingerprint density at radius 3 is 3.00 bits per heavy atom. The molecule has 3 rings (SSSR count). The minimum Gasteiger partial charge on any atom is -0.489 e. The lowest BCUT2D eigenvalue weighted by Gasteiger charge is -2.06. The fraction of sp³-hybridized carbons (Fsp3) is 0.267. The van der Waals surface area contributed by atoms with E-state index in [0.29, 0.717) is 6.61 Å². The molecule has 2 heterocycles. The SMILES string of the molecule is CCc1cc(-c2cc(C)c3cc2CO3)ccn1. The zero-order valence-corrected chi connectivity index (χ0v) is 10.2. The van der Waals surface area contributed by atoms with E-state index in [9.17, 15) is 0 Å². The zero-order valence-electron chi connectivity index (χ0n) is 10.2. The van der Waals surface area contributed by atoms with Crippen LogP contribution in [0.4, 0.5) is 0 Å². The van der Waals surface area contributed by atoms with Crippen molar-refractivity contribution in [1.82, 2.24) is 4.98 Å². The molecule has 2 bridgehead atoms. The number of pyridine rings is 1. The van der Waals surface area contributed by atoms with Crippen LogP contribution in [0.2, 0.25) is 0 Å². The molecule has 86 valence electrons. The van der Waals surface area contributed by atoms with E-state index in [0.717, 1.165) is 17.9 Å². The smallest absolute Gasteiger partial charge is 0.123 e. The van der Waals surface area contributed by atoms with Crippen LogP contribution in [0.1, 0.15) is 23.7 Å². The number of aryl methyl sites for hydroxylation is 2. The van der Waals surface area contributed by atoms with Gasteiger partial charge in [0.15, 0.2) is 0 Å². The summed E-state index contributed by atoms with van der Waals surface area (Å²) in [6, 6.07) is 8.61. The Bertz CT molecular complexity index is 575. The van der Waals surface area contributed by atoms with Gasteiger partial charge in [0, 0.05) is 17.5 Å². The van der Waals surface area contributed by atoms with Gasteiger partial charge in [-0.2, -0.15) is 0 Å². The Labute approximate surface area is 101 Å². The molecule has 1 aromatic carbocycles. The predicted molar refractivity (Wildman–Crippen MR) is 68.1 cm³/mol. The molecule has 2 nitrogen and oxygen atoms in total. The molecular weight excluding hydrogens is 210 g/mol. The summed E-state index contributed by atoms with van der Waals surface area (Å²) in [6.45, 7) is 4.92. The van der Waals surface area contributed by atoms with Gasteiger partial charge in [0.1, 0.15) is 12.4 Å². The third-order valence-electron chi connectivity index (χ3n) is 3.27. The zero-order chi connectivity index (χ0) is 11.8. The highest BCUT2D eigenvalue weighted by molar-refractivity contribution is 5.70. The molecule has 1 aliphatic heterocycles. The standard InChI is InChI=1S/C15H15NO/c1-3-13-7-11(4-5-16-13)14-6-10(2)15-8-12(14)9-17-15/h4-8H,3,9H2,1-2H3. The normalized spacial score (nSPS) is 12.6. The van der Waals surface area contributed by atoms with Crippen molar-refractivity contribution in [2.45, 2.75) is 26.9 Å². The number of aromatic nitrogens is 1. The Hall–Kier alpha value is -1.83. The summed E-state index contributed by atoms with van der Waals surface area (Å²) in [6.07, 6.45) is 2.86. The van der Waals surface area contributed by atoms with Crippen molar-refractivity contribution in [3.05, 3.63) is 47.3 Å². The molecule has 2 heteroatoms. The highest BCUT2D eigenvalue weighted by atomic mass is 16.5. The molecule has 17 heavy (non-hydrogen) atoms. The minimum absolute atomic E-state index is 0.697. The quantitative estimate of drug-likeness (QED) is 0.780. The number of nitrogens with zero attached hydrogens (tertiary/aromatic N) is 1. The minimum atomic E-state index is 0.697. The van der Waals surface area contributed by atoms with E-state index in [4.69, 9.17) is 4.74 Å². The van der Waals surface area contributed by atoms with Crippen LogP contribution in [0, 0.1) is 6.92 Å². The van der Waals surface area contributed by atoms with Crippen LogP contribution in [0.25, 0.3) is 11.1 Å². The van der Waals surface area contributed by atoms with Gasteiger partial charge in [-0.25, -0.2) is 0 Å². The molecule has 1 aliphatic rings. The first-order valence-corrected chi connectivity index (χ1v) is 5.99. The van der Waals surface area contributed by atoms with E-state index in [1.165, 1.54) is 22.3 Å². The molecular formula is C15H15NO. The van der Waals surface area contributed by atoms with Crippen molar-refractivity contribution >= 4 is 0 Å². The van der Waals surface area contributed by atoms with Gasteiger partial charge in [0.25, 0.3) is 0 Å². The predicted octanol–water partition coefficient (Wildman–Crippen LogP) is 3.51. The van der Waals surface area contributed by atoms with Crippen LogP contribution >= 0.6 is 0 Å². The Balaban J connectivity index is 2.14. The third kappa shape index (κ3) is 1.70. The van der Waals surface area contributed by atoms with E-state index < -0.39 is 0 Å². The van der Waals surface area contributed by atoms with Crippen molar-refractivity contribution in [1.29, 1.82) is 0 Å². The van der Waals surface area contributed by atoms with Crippen molar-refractivity contribution in [2.24, 2.45) is 0 Å². The number of fused-ring (bicyclic) bond motifs is 2. The van der Waals surface area contributed by atoms with Gasteiger partial charge in [0.05, 0.1) is 0 Å². The molecule has 0 saturated heterocycles. The molecule has 0 spiro atoms. The fourth-order valence-corrected chi connectivity index (χ4v) is 2.27. The van der Waals surface area contributed by atoms with Crippen molar-refractivity contribution < 1.29 is 4.74 Å². The first-order valence-electron chi connectivity index (χ1n) is 5.99. The number of hydrogen-bond acceptors (Lipinski definition) is 2. The summed E-state index contributed by atoms with van der Waals surface area (Å²) < 4.78 is 5.62. The van der Waals surface area contributed by atoms with E-state index in [1.807, 2.05) is 6.20 Å². The number of ether oxygens (including phenoxy) is 1. The topological polar surface area (TPSA) is 22.1 Å². The van der Waals surface area contributed by atoms with Crippen LogP contribution in [-0.2, 0) is 13.0 Å². The van der Waals surface area contributed by atoms with Gasteiger partial charge >= 0.3 is 0 Å². The van der Waals surface area contributed by atoms with Crippen LogP contribution in [-0.4, -0.2) is 4.98 Å². The summed E-state index contributed by atoms with van der Waals surface area (Å²) in [5, 5.41) is 0. The highest BCUT2D eigenvalue weighted by Crippen LogP contribution is 2.35. The second-order valence-corrected chi connectivity index (χ2v) is 4.45. The Morgan fingerprint density at radius 2 is 2.18 bits per heavy atom. The van der Waals surface area contributed by atoms with E-state index in [-0.39, 0.29) is 0 Å². The van der Waals surface area contributed by atoms with Gasteiger partial charge in [0.2, 0.25) is 0 Å². The summed E-state index contributed by atoms with van der Waals surface area (Å²) in [5.41, 5.74) is 6.14. The summed E-state index contributed by atoms with van der Waals surface area (Å²) in [5.74, 6) is 1.02. The summed E-state index contributed by atoms with van der Waals surface area (Å²) in [4.78, 5) is 4.34. The van der Waals surface area contributed by atoms with Crippen LogP contribution in [0.15, 0.2) is 30.5 Å². The van der Waals surface area contributed by atoms with E-state index in [2.05, 4.69) is 43.1 Å². The fourth-order valence-electron chi connectivity index (χ4n) is 2.27. The second kappa shape index (κ2) is 3.88. The summed E-state index contributed by atoms with van der Waals surface area (Å²) in [7, 11) is 0. The van der Waals surface area contributed by atoms with Crippen molar-refractivity contribution in [2.75, 3.05) is 0 Å². The largest absolute Gasteiger partial charge is 0.489 e. The molecule has 1 aromatic heterocycles. The highest BCUT2D eigenvalue weighted by Gasteiger charge is 2.16. The maximum absolute atomic E-state index is 5.62. The van der Waals surface area contributed by atoms with E-state index in [1.54, 1.807) is 0 Å². The molecule has 0 saturated carbocycles. The molecule has 2 aromatic rings. The first-order chi connectivity index (χ1) is 8.28. The monoisotopic (exact) mass is 225 g/mol. The molecule has 0 atom stereocenters. The molecule has 0 N–H and O–H groups in total. The first kappa shape index (κ1) is 10.3.